The Morgan fingerprint density at radius 1 is 1.07 bits per heavy atom. The number of aryl methyl sites for hydroxylation is 1. The zero-order chi connectivity index (χ0) is 20.6. The van der Waals surface area contributed by atoms with Crippen molar-refractivity contribution in [2.75, 3.05) is 26.2 Å². The molecule has 0 radical (unpaired) electrons. The summed E-state index contributed by atoms with van der Waals surface area (Å²) in [6.07, 6.45) is -4.29. The summed E-state index contributed by atoms with van der Waals surface area (Å²) in [6.45, 7) is 3.38. The van der Waals surface area contributed by atoms with Gasteiger partial charge in [-0.15, -0.1) is 0 Å². The Morgan fingerprint density at radius 2 is 1.72 bits per heavy atom. The molecule has 2 aliphatic heterocycles. The van der Waals surface area contributed by atoms with Crippen LogP contribution in [0, 0.1) is 17.8 Å². The average Bonchev–Trinajstić information content (AvgIpc) is 2.95. The maximum atomic E-state index is 13.4. The van der Waals surface area contributed by atoms with Gasteiger partial charge in [-0.05, 0) is 37.5 Å². The number of carbonyl (C=O) groups is 2. The lowest BCUT2D eigenvalue weighted by atomic mass is 9.64. The molecular formula is C21H21F3N2O3. The molecule has 5 rings (SSSR count). The maximum Gasteiger partial charge on any atom is 0.403 e. The van der Waals surface area contributed by atoms with Gasteiger partial charge in [0, 0.05) is 37.0 Å². The molecule has 1 spiro atoms. The van der Waals surface area contributed by atoms with E-state index in [0.29, 0.717) is 25.1 Å². The lowest BCUT2D eigenvalue weighted by molar-refractivity contribution is -0.254. The second kappa shape index (κ2) is 5.77. The van der Waals surface area contributed by atoms with Gasteiger partial charge in [0.1, 0.15) is 11.0 Å². The summed E-state index contributed by atoms with van der Waals surface area (Å²) in [6, 6.07) is 7.35. The highest BCUT2D eigenvalue weighted by Crippen LogP contribution is 2.55. The second-order valence-electron chi connectivity index (χ2n) is 8.85. The summed E-state index contributed by atoms with van der Waals surface area (Å²) in [5.41, 5.74) is -0.779. The fourth-order valence-electron chi connectivity index (χ4n) is 4.93. The minimum absolute atomic E-state index is 0.116. The molecule has 3 fully saturated rings. The molecule has 1 saturated carbocycles. The highest BCUT2D eigenvalue weighted by molar-refractivity contribution is 5.97. The number of carbonyl (C=O) groups excluding carboxylic acids is 2. The van der Waals surface area contributed by atoms with Crippen molar-refractivity contribution in [3.8, 4) is 0 Å². The van der Waals surface area contributed by atoms with Crippen LogP contribution in [-0.2, 0) is 4.79 Å². The van der Waals surface area contributed by atoms with Crippen molar-refractivity contribution in [2.24, 2.45) is 10.8 Å². The molecule has 8 heteroatoms. The van der Waals surface area contributed by atoms with Crippen LogP contribution in [0.25, 0.3) is 11.0 Å². The Balaban J connectivity index is 1.22. The smallest absolute Gasteiger partial charge is 0.403 e. The van der Waals surface area contributed by atoms with Crippen molar-refractivity contribution in [3.05, 3.63) is 35.6 Å². The van der Waals surface area contributed by atoms with E-state index in [1.807, 2.05) is 25.1 Å². The summed E-state index contributed by atoms with van der Waals surface area (Å²) in [5, 5.41) is 0.893. The molecule has 3 aliphatic rings. The highest BCUT2D eigenvalue weighted by atomic mass is 19.4. The molecule has 0 unspecified atom stereocenters. The van der Waals surface area contributed by atoms with E-state index in [9.17, 15) is 22.8 Å². The number of hydrogen-bond donors (Lipinski definition) is 0. The first-order valence-corrected chi connectivity index (χ1v) is 9.79. The number of hydrogen-bond acceptors (Lipinski definition) is 3. The fourth-order valence-corrected chi connectivity index (χ4v) is 4.93. The molecule has 0 atom stereocenters. The van der Waals surface area contributed by atoms with Gasteiger partial charge in [-0.25, -0.2) is 0 Å². The normalized spacial score (nSPS) is 22.2. The van der Waals surface area contributed by atoms with Gasteiger partial charge in [0.2, 0.25) is 5.91 Å². The monoisotopic (exact) mass is 406 g/mol. The Kier molecular flexibility index (Phi) is 3.68. The SMILES string of the molecule is Cc1cccc2oc(C(=O)N3CC4(C3)CN(C(=O)C3(C(F)(F)F)CCC3)C4)cc12. The molecule has 3 heterocycles. The molecule has 29 heavy (non-hydrogen) atoms. The Hall–Kier alpha value is -2.51. The third-order valence-electron chi connectivity index (χ3n) is 6.83. The van der Waals surface area contributed by atoms with Gasteiger partial charge in [-0.1, -0.05) is 18.6 Å². The van der Waals surface area contributed by atoms with Crippen molar-refractivity contribution in [3.63, 3.8) is 0 Å². The van der Waals surface area contributed by atoms with E-state index < -0.39 is 17.5 Å². The molecule has 2 saturated heterocycles. The van der Waals surface area contributed by atoms with E-state index in [1.54, 1.807) is 11.0 Å². The van der Waals surface area contributed by atoms with Crippen LogP contribution in [0.15, 0.2) is 28.7 Å². The van der Waals surface area contributed by atoms with E-state index in [-0.39, 0.29) is 43.0 Å². The van der Waals surface area contributed by atoms with Gasteiger partial charge < -0.3 is 14.2 Å². The fraction of sp³-hybridized carbons (Fsp3) is 0.524. The lowest BCUT2D eigenvalue weighted by Gasteiger charge is -2.61. The lowest BCUT2D eigenvalue weighted by Crippen LogP contribution is -2.75. The van der Waals surface area contributed by atoms with Crippen molar-refractivity contribution in [1.29, 1.82) is 0 Å². The quantitative estimate of drug-likeness (QED) is 0.763. The Labute approximate surface area is 165 Å². The predicted octanol–water partition coefficient (Wildman–Crippen LogP) is 3.76. The highest BCUT2D eigenvalue weighted by Gasteiger charge is 2.67. The van der Waals surface area contributed by atoms with Crippen molar-refractivity contribution >= 4 is 22.8 Å². The van der Waals surface area contributed by atoms with Crippen LogP contribution in [0.1, 0.15) is 35.4 Å². The topological polar surface area (TPSA) is 53.8 Å². The van der Waals surface area contributed by atoms with Crippen LogP contribution in [0.3, 0.4) is 0 Å². The third kappa shape index (κ3) is 2.53. The molecule has 2 amide bonds. The minimum atomic E-state index is -4.49. The van der Waals surface area contributed by atoms with Gasteiger partial charge in [0.15, 0.2) is 5.76 Å². The zero-order valence-electron chi connectivity index (χ0n) is 16.0. The number of benzene rings is 1. The summed E-state index contributed by atoms with van der Waals surface area (Å²) >= 11 is 0. The van der Waals surface area contributed by atoms with Gasteiger partial charge in [0.05, 0.1) is 0 Å². The molecule has 1 aliphatic carbocycles. The number of nitrogens with zero attached hydrogens (tertiary/aromatic N) is 2. The van der Waals surface area contributed by atoms with Crippen LogP contribution >= 0.6 is 0 Å². The summed E-state index contributed by atoms with van der Waals surface area (Å²) in [7, 11) is 0. The number of amides is 2. The summed E-state index contributed by atoms with van der Waals surface area (Å²) < 4.78 is 45.8. The van der Waals surface area contributed by atoms with Gasteiger partial charge >= 0.3 is 6.18 Å². The first kappa shape index (κ1) is 18.5. The Bertz CT molecular complexity index is 1010. The van der Waals surface area contributed by atoms with Gasteiger partial charge in [-0.2, -0.15) is 13.2 Å². The number of likely N-dealkylation sites (tertiary alicyclic amines) is 2. The zero-order valence-corrected chi connectivity index (χ0v) is 16.0. The second-order valence-corrected chi connectivity index (χ2v) is 8.85. The molecule has 2 aromatic rings. The van der Waals surface area contributed by atoms with Crippen molar-refractivity contribution < 1.29 is 27.2 Å². The van der Waals surface area contributed by atoms with Crippen molar-refractivity contribution in [1.82, 2.24) is 9.80 Å². The number of halogens is 3. The number of fused-ring (bicyclic) bond motifs is 1. The summed E-state index contributed by atoms with van der Waals surface area (Å²) in [5.74, 6) is -0.747. The van der Waals surface area contributed by atoms with Gasteiger partial charge in [-0.3, -0.25) is 9.59 Å². The van der Waals surface area contributed by atoms with E-state index in [4.69, 9.17) is 4.42 Å². The number of rotatable bonds is 2. The largest absolute Gasteiger partial charge is 0.451 e. The standard InChI is InChI=1S/C21H21F3N2O3/c1-13-4-2-5-15-14(13)8-16(29-15)17(27)25-9-19(10-25)11-26(12-19)18(28)20(6-3-7-20)21(22,23)24/h2,4-5,8H,3,6-7,9-12H2,1H3. The van der Waals surface area contributed by atoms with Gasteiger partial charge in [0.25, 0.3) is 5.91 Å². The molecule has 5 nitrogen and oxygen atoms in total. The Morgan fingerprint density at radius 3 is 2.28 bits per heavy atom. The van der Waals surface area contributed by atoms with E-state index >= 15 is 0 Å². The van der Waals surface area contributed by atoms with Crippen LogP contribution < -0.4 is 0 Å². The molecule has 154 valence electrons. The first-order chi connectivity index (χ1) is 13.6. The maximum absolute atomic E-state index is 13.4. The van der Waals surface area contributed by atoms with Crippen LogP contribution in [0.4, 0.5) is 13.2 Å². The first-order valence-electron chi connectivity index (χ1n) is 9.79. The summed E-state index contributed by atoms with van der Waals surface area (Å²) in [4.78, 5) is 28.1. The van der Waals surface area contributed by atoms with Crippen LogP contribution in [-0.4, -0.2) is 54.0 Å². The van der Waals surface area contributed by atoms with E-state index in [2.05, 4.69) is 0 Å². The molecular weight excluding hydrogens is 385 g/mol. The van der Waals surface area contributed by atoms with Crippen LogP contribution in [0.5, 0.6) is 0 Å². The number of alkyl halides is 3. The van der Waals surface area contributed by atoms with Crippen molar-refractivity contribution in [2.45, 2.75) is 32.4 Å². The molecule has 0 N–H and O–H groups in total. The van der Waals surface area contributed by atoms with E-state index in [1.165, 1.54) is 4.90 Å². The molecule has 0 bridgehead atoms. The third-order valence-corrected chi connectivity index (χ3v) is 6.83. The number of furan rings is 1. The minimum Gasteiger partial charge on any atom is -0.451 e. The average molecular weight is 406 g/mol. The van der Waals surface area contributed by atoms with Crippen LogP contribution in [0.2, 0.25) is 0 Å². The molecule has 1 aromatic heterocycles. The predicted molar refractivity (Wildman–Crippen MR) is 98.2 cm³/mol. The van der Waals surface area contributed by atoms with E-state index in [0.717, 1.165) is 10.9 Å². The molecule has 1 aromatic carbocycles.